The molecule has 0 unspecified atom stereocenters. The molecule has 0 atom stereocenters. The second kappa shape index (κ2) is 8.92. The van der Waals surface area contributed by atoms with Gasteiger partial charge in [-0.05, 0) is 55.0 Å². The lowest BCUT2D eigenvalue weighted by Crippen LogP contribution is -2.35. The van der Waals surface area contributed by atoms with Crippen LogP contribution in [0.15, 0.2) is 40.5 Å². The molecule has 158 valence electrons. The summed E-state index contributed by atoms with van der Waals surface area (Å²) < 4.78 is 7.70. The van der Waals surface area contributed by atoms with E-state index in [1.165, 1.54) is 23.0 Å². The third-order valence-electron chi connectivity index (χ3n) is 5.25. The van der Waals surface area contributed by atoms with E-state index in [2.05, 4.69) is 6.07 Å². The molecule has 0 aliphatic carbocycles. The first kappa shape index (κ1) is 21.1. The van der Waals surface area contributed by atoms with Gasteiger partial charge in [0, 0.05) is 18.0 Å². The molecule has 6 nitrogen and oxygen atoms in total. The molecule has 1 fully saturated rings. The van der Waals surface area contributed by atoms with Gasteiger partial charge in [-0.2, -0.15) is 5.26 Å². The molecule has 1 aromatic carbocycles. The van der Waals surface area contributed by atoms with Gasteiger partial charge in [0.2, 0.25) is 0 Å². The van der Waals surface area contributed by atoms with Gasteiger partial charge in [-0.1, -0.05) is 12.1 Å². The van der Waals surface area contributed by atoms with E-state index in [0.29, 0.717) is 33.7 Å². The zero-order valence-corrected chi connectivity index (χ0v) is 18.9. The van der Waals surface area contributed by atoms with Crippen LogP contribution in [0.2, 0.25) is 0 Å². The van der Waals surface area contributed by atoms with Gasteiger partial charge >= 0.3 is 0 Å². The van der Waals surface area contributed by atoms with Gasteiger partial charge in [0.05, 0.1) is 17.3 Å². The molecule has 0 radical (unpaired) electrons. The fraction of sp³-hybridized carbons (Fsp3) is 0.261. The Bertz CT molecular complexity index is 1350. The molecule has 1 saturated heterocycles. The zero-order valence-electron chi connectivity index (χ0n) is 17.3. The number of nitrogens with zero attached hydrogens (tertiary/aromatic N) is 3. The van der Waals surface area contributed by atoms with Crippen LogP contribution in [0.5, 0.6) is 5.75 Å². The van der Waals surface area contributed by atoms with Gasteiger partial charge in [0.1, 0.15) is 16.5 Å². The molecule has 1 aliphatic heterocycles. The maximum atomic E-state index is 13.5. The summed E-state index contributed by atoms with van der Waals surface area (Å²) in [5.41, 5.74) is 1.28. The predicted octanol–water partition coefficient (Wildman–Crippen LogP) is 2.40. The number of carbonyl (C=O) groups is 1. The van der Waals surface area contributed by atoms with Crippen molar-refractivity contribution in [3.63, 3.8) is 0 Å². The summed E-state index contributed by atoms with van der Waals surface area (Å²) in [5, 5.41) is 11.9. The normalized spacial score (nSPS) is 15.1. The number of aromatic nitrogens is 1. The highest BCUT2D eigenvalue weighted by atomic mass is 32.1. The van der Waals surface area contributed by atoms with E-state index in [1.807, 2.05) is 30.5 Å². The van der Waals surface area contributed by atoms with E-state index < -0.39 is 0 Å². The maximum absolute atomic E-state index is 13.5. The molecule has 8 heteroatoms. The van der Waals surface area contributed by atoms with Crippen LogP contribution in [0.1, 0.15) is 23.3 Å². The number of likely N-dealkylation sites (tertiary alicyclic amines) is 1. The molecule has 3 heterocycles. The molecule has 31 heavy (non-hydrogen) atoms. The molecular formula is C23H21N3O3S2. The van der Waals surface area contributed by atoms with Crippen molar-refractivity contribution in [3.8, 4) is 17.5 Å². The number of hydrogen-bond acceptors (Lipinski definition) is 6. The monoisotopic (exact) mass is 451 g/mol. The van der Waals surface area contributed by atoms with Crippen molar-refractivity contribution in [1.82, 2.24) is 9.47 Å². The van der Waals surface area contributed by atoms with Crippen molar-refractivity contribution >= 4 is 40.2 Å². The molecule has 3 aromatic rings. The van der Waals surface area contributed by atoms with Crippen molar-refractivity contribution < 1.29 is 9.53 Å². The summed E-state index contributed by atoms with van der Waals surface area (Å²) >= 11 is 2.71. The van der Waals surface area contributed by atoms with Crippen LogP contribution in [0.4, 0.5) is 0 Å². The number of benzene rings is 1. The number of thiophene rings is 1. The van der Waals surface area contributed by atoms with Crippen LogP contribution in [0.3, 0.4) is 0 Å². The Morgan fingerprint density at radius 1 is 1.23 bits per heavy atom. The van der Waals surface area contributed by atoms with Crippen LogP contribution in [0.25, 0.3) is 17.3 Å². The fourth-order valence-corrected chi connectivity index (χ4v) is 5.60. The minimum atomic E-state index is -0.330. The van der Waals surface area contributed by atoms with E-state index in [4.69, 9.17) is 4.74 Å². The van der Waals surface area contributed by atoms with E-state index in [9.17, 15) is 14.9 Å². The third kappa shape index (κ3) is 3.94. The first-order valence-electron chi connectivity index (χ1n) is 9.90. The van der Waals surface area contributed by atoms with Crippen molar-refractivity contribution in [2.75, 3.05) is 20.2 Å². The minimum Gasteiger partial charge on any atom is -0.495 e. The summed E-state index contributed by atoms with van der Waals surface area (Å²) in [6.07, 6.45) is 3.67. The lowest BCUT2D eigenvalue weighted by Gasteiger charge is -2.14. The largest absolute Gasteiger partial charge is 0.495 e. The Labute approximate surface area is 187 Å². The summed E-state index contributed by atoms with van der Waals surface area (Å²) in [7, 11) is 1.53. The number of aryl methyl sites for hydroxylation is 1. The number of methoxy groups -OCH3 is 1. The summed E-state index contributed by atoms with van der Waals surface area (Å²) in [4.78, 5) is 29.3. The van der Waals surface area contributed by atoms with Gasteiger partial charge in [-0.3, -0.25) is 14.2 Å². The van der Waals surface area contributed by atoms with Crippen LogP contribution in [0, 0.1) is 18.3 Å². The minimum absolute atomic E-state index is 0.0162. The maximum Gasteiger partial charge on any atom is 0.273 e. The Kier molecular flexibility index (Phi) is 6.07. The summed E-state index contributed by atoms with van der Waals surface area (Å²) in [6, 6.07) is 11.2. The van der Waals surface area contributed by atoms with E-state index in [0.717, 1.165) is 23.3 Å². The number of hydrogen-bond donors (Lipinski definition) is 0. The zero-order chi connectivity index (χ0) is 22.0. The molecule has 1 amide bonds. The van der Waals surface area contributed by atoms with Crippen LogP contribution >= 0.6 is 22.7 Å². The standard InChI is InChI=1S/C23H21N3O3S2/c1-15-9-12-30-19(15)13-20-22(28)26(17-7-3-4-8-18(17)29-2)23(31-20)16(14-24)21(27)25-10-5-6-11-25/h3-4,7-9,12-13H,5-6,10-11H2,1-2H3/b20-13+,23-16-. The number of thiazole rings is 1. The van der Waals surface area contributed by atoms with E-state index >= 15 is 0 Å². The Morgan fingerprint density at radius 2 is 1.97 bits per heavy atom. The average molecular weight is 452 g/mol. The second-order valence-corrected chi connectivity index (χ2v) is 9.16. The van der Waals surface area contributed by atoms with Crippen molar-refractivity contribution in [2.45, 2.75) is 19.8 Å². The molecule has 1 aliphatic rings. The van der Waals surface area contributed by atoms with Crippen LogP contribution in [-0.4, -0.2) is 35.6 Å². The third-order valence-corrected chi connectivity index (χ3v) is 7.30. The second-order valence-electron chi connectivity index (χ2n) is 7.18. The number of carbonyl (C=O) groups excluding carboxylic acids is 1. The molecule has 0 N–H and O–H groups in total. The molecule has 0 spiro atoms. The highest BCUT2D eigenvalue weighted by molar-refractivity contribution is 7.11. The van der Waals surface area contributed by atoms with Gasteiger partial charge in [-0.25, -0.2) is 0 Å². The molecular weight excluding hydrogens is 430 g/mol. The lowest BCUT2D eigenvalue weighted by atomic mass is 10.2. The van der Waals surface area contributed by atoms with Crippen LogP contribution < -0.4 is 19.5 Å². The average Bonchev–Trinajstić information content (AvgIpc) is 3.51. The Hall–Kier alpha value is -3.15. The Balaban J connectivity index is 2.06. The predicted molar refractivity (Wildman–Crippen MR) is 123 cm³/mol. The first-order valence-corrected chi connectivity index (χ1v) is 11.6. The van der Waals surface area contributed by atoms with E-state index in [-0.39, 0.29) is 17.0 Å². The van der Waals surface area contributed by atoms with Gasteiger partial charge < -0.3 is 9.64 Å². The number of rotatable bonds is 4. The highest BCUT2D eigenvalue weighted by Crippen LogP contribution is 2.20. The van der Waals surface area contributed by atoms with Crippen molar-refractivity contribution in [1.29, 1.82) is 5.26 Å². The summed E-state index contributed by atoms with van der Waals surface area (Å²) in [6.45, 7) is 3.24. The number of amides is 1. The lowest BCUT2D eigenvalue weighted by molar-refractivity contribution is -0.123. The number of nitriles is 1. The first-order chi connectivity index (χ1) is 15.0. The smallest absolute Gasteiger partial charge is 0.273 e. The molecule has 2 aromatic heterocycles. The van der Waals surface area contributed by atoms with Crippen molar-refractivity contribution in [3.05, 3.63) is 65.7 Å². The van der Waals surface area contributed by atoms with Crippen LogP contribution in [-0.2, 0) is 4.79 Å². The molecule has 0 bridgehead atoms. The van der Waals surface area contributed by atoms with Gasteiger partial charge in [-0.15, -0.1) is 22.7 Å². The molecule has 4 rings (SSSR count). The highest BCUT2D eigenvalue weighted by Gasteiger charge is 2.25. The SMILES string of the molecule is COc1ccccc1-n1c(=O)/c(=C\c2sccc2C)s/c1=C(/C#N)C(=O)N1CCCC1. The van der Waals surface area contributed by atoms with Gasteiger partial charge in [0.25, 0.3) is 11.5 Å². The van der Waals surface area contributed by atoms with Crippen molar-refractivity contribution in [2.24, 2.45) is 0 Å². The Morgan fingerprint density at radius 3 is 2.61 bits per heavy atom. The number of ether oxygens (including phenoxy) is 1. The topological polar surface area (TPSA) is 75.3 Å². The fourth-order valence-electron chi connectivity index (χ4n) is 3.60. The van der Waals surface area contributed by atoms with E-state index in [1.54, 1.807) is 34.4 Å². The quantitative estimate of drug-likeness (QED) is 0.611. The molecule has 0 saturated carbocycles. The summed E-state index contributed by atoms with van der Waals surface area (Å²) in [5.74, 6) is 0.164. The number of para-hydroxylation sites is 2. The van der Waals surface area contributed by atoms with Gasteiger partial charge in [0.15, 0.2) is 5.57 Å².